The van der Waals surface area contributed by atoms with Crippen molar-refractivity contribution in [1.82, 2.24) is 15.0 Å². The number of ether oxygens (including phenoxy) is 2. The number of nitrogens with zero attached hydrogens (tertiary/aromatic N) is 3. The van der Waals surface area contributed by atoms with E-state index >= 15 is 0 Å². The SMILES string of the molecule is CCc1cc(C(=O)N2CCCC(COc3cccc(Cl)c3)(CC(=O)N3CCOCC3)C2)on1. The maximum atomic E-state index is 13.2. The summed E-state index contributed by atoms with van der Waals surface area (Å²) in [5.74, 6) is 0.743. The number of carbonyl (C=O) groups is 2. The van der Waals surface area contributed by atoms with Crippen LogP contribution in [0.1, 0.15) is 42.4 Å². The molecule has 0 N–H and O–H groups in total. The highest BCUT2D eigenvalue weighted by atomic mass is 35.5. The van der Waals surface area contributed by atoms with E-state index in [-0.39, 0.29) is 17.6 Å². The van der Waals surface area contributed by atoms with Crippen molar-refractivity contribution in [2.75, 3.05) is 46.0 Å². The molecule has 0 radical (unpaired) electrons. The van der Waals surface area contributed by atoms with Gasteiger partial charge in [-0.2, -0.15) is 0 Å². The van der Waals surface area contributed by atoms with Crippen LogP contribution in [0, 0.1) is 5.41 Å². The van der Waals surface area contributed by atoms with Gasteiger partial charge in [0, 0.05) is 49.1 Å². The third-order valence-corrected chi connectivity index (χ3v) is 6.55. The maximum absolute atomic E-state index is 13.2. The molecule has 8 nitrogen and oxygen atoms in total. The lowest BCUT2D eigenvalue weighted by molar-refractivity contribution is -0.139. The fraction of sp³-hybridized carbons (Fsp3) is 0.542. The number of aryl methyl sites for hydroxylation is 1. The molecule has 2 saturated heterocycles. The summed E-state index contributed by atoms with van der Waals surface area (Å²) in [6.45, 7) is 5.55. The number of amides is 2. The highest BCUT2D eigenvalue weighted by molar-refractivity contribution is 6.30. The minimum Gasteiger partial charge on any atom is -0.493 e. The van der Waals surface area contributed by atoms with Gasteiger partial charge in [0.05, 0.1) is 25.5 Å². The molecular weight excluding hydrogens is 446 g/mol. The summed E-state index contributed by atoms with van der Waals surface area (Å²) in [6.07, 6.45) is 2.55. The molecular formula is C24H30ClN3O5. The largest absolute Gasteiger partial charge is 0.493 e. The van der Waals surface area contributed by atoms with Crippen molar-refractivity contribution in [1.29, 1.82) is 0 Å². The Morgan fingerprint density at radius 1 is 1.18 bits per heavy atom. The van der Waals surface area contributed by atoms with Crippen LogP contribution in [-0.2, 0) is 16.0 Å². The number of carbonyl (C=O) groups excluding carboxylic acids is 2. The predicted molar refractivity (Wildman–Crippen MR) is 122 cm³/mol. The van der Waals surface area contributed by atoms with Crippen molar-refractivity contribution in [2.24, 2.45) is 5.41 Å². The van der Waals surface area contributed by atoms with Crippen LogP contribution < -0.4 is 4.74 Å². The quantitative estimate of drug-likeness (QED) is 0.609. The molecule has 0 saturated carbocycles. The Kier molecular flexibility index (Phi) is 7.55. The maximum Gasteiger partial charge on any atom is 0.292 e. The zero-order valence-corrected chi connectivity index (χ0v) is 19.7. The van der Waals surface area contributed by atoms with Crippen LogP contribution in [0.4, 0.5) is 0 Å². The van der Waals surface area contributed by atoms with Crippen LogP contribution in [-0.4, -0.2) is 72.8 Å². The van der Waals surface area contributed by atoms with E-state index in [0.29, 0.717) is 69.6 Å². The van der Waals surface area contributed by atoms with Crippen molar-refractivity contribution >= 4 is 23.4 Å². The predicted octanol–water partition coefficient (Wildman–Crippen LogP) is 3.44. The highest BCUT2D eigenvalue weighted by Crippen LogP contribution is 2.36. The van der Waals surface area contributed by atoms with Gasteiger partial charge in [-0.1, -0.05) is 29.7 Å². The molecule has 2 aromatic rings. The molecule has 2 aliphatic rings. The van der Waals surface area contributed by atoms with E-state index in [1.165, 1.54) is 0 Å². The van der Waals surface area contributed by atoms with Gasteiger partial charge < -0.3 is 23.8 Å². The van der Waals surface area contributed by atoms with E-state index in [1.807, 2.05) is 24.0 Å². The van der Waals surface area contributed by atoms with Gasteiger partial charge in [-0.05, 0) is 37.5 Å². The monoisotopic (exact) mass is 475 g/mol. The zero-order valence-electron chi connectivity index (χ0n) is 18.9. The van der Waals surface area contributed by atoms with E-state index < -0.39 is 5.41 Å². The first kappa shape index (κ1) is 23.6. The minimum absolute atomic E-state index is 0.0650. The van der Waals surface area contributed by atoms with Crippen LogP contribution in [0.3, 0.4) is 0 Å². The van der Waals surface area contributed by atoms with Gasteiger partial charge in [0.2, 0.25) is 11.7 Å². The zero-order chi connectivity index (χ0) is 23.3. The molecule has 2 aliphatic heterocycles. The Morgan fingerprint density at radius 2 is 2.00 bits per heavy atom. The molecule has 1 aromatic heterocycles. The lowest BCUT2D eigenvalue weighted by Crippen LogP contribution is -2.52. The molecule has 4 rings (SSSR count). The Hall–Kier alpha value is -2.58. The number of benzene rings is 1. The summed E-state index contributed by atoms with van der Waals surface area (Å²) in [4.78, 5) is 29.9. The Bertz CT molecular complexity index is 975. The van der Waals surface area contributed by atoms with E-state index in [9.17, 15) is 9.59 Å². The summed E-state index contributed by atoms with van der Waals surface area (Å²) in [5.41, 5.74) is 0.229. The minimum atomic E-state index is -0.515. The van der Waals surface area contributed by atoms with Gasteiger partial charge in [0.25, 0.3) is 5.91 Å². The number of morpholine rings is 1. The van der Waals surface area contributed by atoms with Crippen molar-refractivity contribution in [3.8, 4) is 5.75 Å². The number of hydrogen-bond donors (Lipinski definition) is 0. The Morgan fingerprint density at radius 3 is 2.73 bits per heavy atom. The Balaban J connectivity index is 1.52. The summed E-state index contributed by atoms with van der Waals surface area (Å²) in [7, 11) is 0. The van der Waals surface area contributed by atoms with E-state index in [2.05, 4.69) is 5.16 Å². The van der Waals surface area contributed by atoms with Crippen LogP contribution in [0.2, 0.25) is 5.02 Å². The fourth-order valence-electron chi connectivity index (χ4n) is 4.47. The molecule has 0 spiro atoms. The van der Waals surface area contributed by atoms with Gasteiger partial charge in [-0.15, -0.1) is 0 Å². The second kappa shape index (κ2) is 10.6. The molecule has 2 fully saturated rings. The molecule has 1 atom stereocenters. The molecule has 1 unspecified atom stereocenters. The summed E-state index contributed by atoms with van der Waals surface area (Å²) >= 11 is 6.11. The lowest BCUT2D eigenvalue weighted by Gasteiger charge is -2.43. The van der Waals surface area contributed by atoms with Crippen molar-refractivity contribution < 1.29 is 23.6 Å². The molecule has 1 aromatic carbocycles. The number of hydrogen-bond acceptors (Lipinski definition) is 6. The second-order valence-corrected chi connectivity index (χ2v) is 9.22. The lowest BCUT2D eigenvalue weighted by atomic mass is 9.77. The molecule has 9 heteroatoms. The first-order valence-electron chi connectivity index (χ1n) is 11.5. The first-order valence-corrected chi connectivity index (χ1v) is 11.8. The third kappa shape index (κ3) is 5.86. The number of likely N-dealkylation sites (tertiary alicyclic amines) is 1. The average Bonchev–Trinajstić information content (AvgIpc) is 3.32. The number of halogens is 1. The van der Waals surface area contributed by atoms with Crippen molar-refractivity contribution in [3.05, 3.63) is 46.8 Å². The van der Waals surface area contributed by atoms with E-state index in [0.717, 1.165) is 18.5 Å². The smallest absolute Gasteiger partial charge is 0.292 e. The van der Waals surface area contributed by atoms with Gasteiger partial charge >= 0.3 is 0 Å². The average molecular weight is 476 g/mol. The summed E-state index contributed by atoms with van der Waals surface area (Å²) in [5, 5.41) is 4.53. The number of rotatable bonds is 7. The first-order chi connectivity index (χ1) is 16.0. The second-order valence-electron chi connectivity index (χ2n) is 8.78. The van der Waals surface area contributed by atoms with Gasteiger partial charge in [0.15, 0.2) is 0 Å². The number of piperidine rings is 1. The molecule has 0 aliphatic carbocycles. The van der Waals surface area contributed by atoms with Gasteiger partial charge in [0.1, 0.15) is 5.75 Å². The van der Waals surface area contributed by atoms with Crippen LogP contribution in [0.5, 0.6) is 5.75 Å². The van der Waals surface area contributed by atoms with Crippen molar-refractivity contribution in [2.45, 2.75) is 32.6 Å². The highest BCUT2D eigenvalue weighted by Gasteiger charge is 2.41. The fourth-order valence-corrected chi connectivity index (χ4v) is 4.65. The Labute approximate surface area is 198 Å². The van der Waals surface area contributed by atoms with Crippen molar-refractivity contribution in [3.63, 3.8) is 0 Å². The summed E-state index contributed by atoms with van der Waals surface area (Å²) < 4.78 is 16.8. The van der Waals surface area contributed by atoms with E-state index in [1.54, 1.807) is 23.1 Å². The molecule has 0 bridgehead atoms. The molecule has 33 heavy (non-hydrogen) atoms. The van der Waals surface area contributed by atoms with Crippen LogP contribution in [0.25, 0.3) is 0 Å². The van der Waals surface area contributed by atoms with Gasteiger partial charge in [-0.3, -0.25) is 9.59 Å². The standard InChI is InChI=1S/C24H30ClN3O5/c1-2-19-14-21(33-26-19)23(30)28-8-4-7-24(16-28,15-22(29)27-9-11-31-12-10-27)17-32-20-6-3-5-18(25)13-20/h3,5-6,13-14H,2,4,7-12,15-17H2,1H3. The van der Waals surface area contributed by atoms with Gasteiger partial charge in [-0.25, -0.2) is 0 Å². The molecule has 178 valence electrons. The molecule has 3 heterocycles. The number of aromatic nitrogens is 1. The van der Waals surface area contributed by atoms with Crippen LogP contribution >= 0.6 is 11.6 Å². The summed E-state index contributed by atoms with van der Waals surface area (Å²) in [6, 6.07) is 8.91. The topological polar surface area (TPSA) is 85.1 Å². The normalized spacial score (nSPS) is 21.2. The van der Waals surface area contributed by atoms with E-state index in [4.69, 9.17) is 25.6 Å². The van der Waals surface area contributed by atoms with Crippen LogP contribution in [0.15, 0.2) is 34.9 Å². The molecule has 2 amide bonds. The third-order valence-electron chi connectivity index (χ3n) is 6.31.